The molecule has 0 N–H and O–H groups in total. The molecular weight excluding hydrogens is 280 g/mol. The molecule has 1 aromatic carbocycles. The topological polar surface area (TPSA) is 56.9 Å². The van der Waals surface area contributed by atoms with Crippen LogP contribution < -0.4 is 11.2 Å². The third-order valence-corrected chi connectivity index (χ3v) is 3.17. The highest BCUT2D eigenvalue weighted by molar-refractivity contribution is 5.75. The van der Waals surface area contributed by atoms with E-state index in [1.54, 1.807) is 6.07 Å². The highest BCUT2D eigenvalue weighted by Gasteiger charge is 2.14. The lowest BCUT2D eigenvalue weighted by atomic mass is 10.2. The van der Waals surface area contributed by atoms with Gasteiger partial charge in [-0.05, 0) is 24.3 Å². The summed E-state index contributed by atoms with van der Waals surface area (Å²) in [4.78, 5) is 28.3. The van der Waals surface area contributed by atoms with Crippen LogP contribution in [0, 0.1) is 11.6 Å². The second-order valence-electron chi connectivity index (χ2n) is 4.46. The van der Waals surface area contributed by atoms with Crippen molar-refractivity contribution in [3.8, 4) is 5.69 Å². The SMILES string of the molecule is Cn1c(=O)c2cccnc2n(-c2ccc(F)c(F)c2)c1=O. The van der Waals surface area contributed by atoms with Crippen molar-refractivity contribution >= 4 is 11.0 Å². The number of benzene rings is 1. The zero-order chi connectivity index (χ0) is 15.1. The Bertz CT molecular complexity index is 976. The lowest BCUT2D eigenvalue weighted by molar-refractivity contribution is 0.507. The Hall–Kier alpha value is -2.83. The molecule has 0 atom stereocenters. The van der Waals surface area contributed by atoms with Crippen LogP contribution in [0.3, 0.4) is 0 Å². The Kier molecular flexibility index (Phi) is 2.90. The zero-order valence-corrected chi connectivity index (χ0v) is 10.9. The Morgan fingerprint density at radius 2 is 1.86 bits per heavy atom. The van der Waals surface area contributed by atoms with Crippen LogP contribution in [0.5, 0.6) is 0 Å². The summed E-state index contributed by atoms with van der Waals surface area (Å²) >= 11 is 0. The normalized spacial score (nSPS) is 11.0. The first-order chi connectivity index (χ1) is 10.0. The Morgan fingerprint density at radius 1 is 1.10 bits per heavy atom. The number of hydrogen-bond donors (Lipinski definition) is 0. The fourth-order valence-corrected chi connectivity index (χ4v) is 2.11. The van der Waals surface area contributed by atoms with Gasteiger partial charge in [0.05, 0.1) is 11.1 Å². The molecule has 21 heavy (non-hydrogen) atoms. The van der Waals surface area contributed by atoms with Gasteiger partial charge in [0.25, 0.3) is 5.56 Å². The van der Waals surface area contributed by atoms with E-state index >= 15 is 0 Å². The van der Waals surface area contributed by atoms with Crippen molar-refractivity contribution in [3.63, 3.8) is 0 Å². The molecule has 0 saturated heterocycles. The second-order valence-corrected chi connectivity index (χ2v) is 4.46. The largest absolute Gasteiger partial charge is 0.337 e. The summed E-state index contributed by atoms with van der Waals surface area (Å²) in [6.07, 6.45) is 1.41. The maximum atomic E-state index is 13.4. The van der Waals surface area contributed by atoms with E-state index in [9.17, 15) is 18.4 Å². The molecule has 2 heterocycles. The summed E-state index contributed by atoms with van der Waals surface area (Å²) in [6.45, 7) is 0. The van der Waals surface area contributed by atoms with E-state index in [0.717, 1.165) is 21.3 Å². The lowest BCUT2D eigenvalue weighted by Crippen LogP contribution is -2.37. The molecule has 0 amide bonds. The minimum Gasteiger partial charge on any atom is -0.268 e. The van der Waals surface area contributed by atoms with E-state index in [4.69, 9.17) is 0 Å². The van der Waals surface area contributed by atoms with Gasteiger partial charge in [0.2, 0.25) is 0 Å². The van der Waals surface area contributed by atoms with Crippen molar-refractivity contribution in [3.05, 3.63) is 69.0 Å². The summed E-state index contributed by atoms with van der Waals surface area (Å²) in [5.41, 5.74) is -0.992. The Labute approximate surface area is 116 Å². The van der Waals surface area contributed by atoms with Gasteiger partial charge in [-0.1, -0.05) is 0 Å². The van der Waals surface area contributed by atoms with Gasteiger partial charge in [0.1, 0.15) is 0 Å². The van der Waals surface area contributed by atoms with Crippen molar-refractivity contribution in [1.82, 2.24) is 14.1 Å². The first-order valence-corrected chi connectivity index (χ1v) is 6.03. The molecule has 7 heteroatoms. The summed E-state index contributed by atoms with van der Waals surface area (Å²) in [6, 6.07) is 6.12. The number of aromatic nitrogens is 3. The number of rotatable bonds is 1. The number of fused-ring (bicyclic) bond motifs is 1. The van der Waals surface area contributed by atoms with Crippen molar-refractivity contribution in [2.45, 2.75) is 0 Å². The predicted molar refractivity (Wildman–Crippen MR) is 72.5 cm³/mol. The van der Waals surface area contributed by atoms with Crippen LogP contribution in [-0.4, -0.2) is 14.1 Å². The Morgan fingerprint density at radius 3 is 2.57 bits per heavy atom. The van der Waals surface area contributed by atoms with Crippen molar-refractivity contribution in [2.75, 3.05) is 0 Å². The van der Waals surface area contributed by atoms with Gasteiger partial charge in [-0.3, -0.25) is 9.36 Å². The van der Waals surface area contributed by atoms with Gasteiger partial charge < -0.3 is 0 Å². The molecule has 0 aliphatic rings. The molecule has 0 aliphatic carbocycles. The fraction of sp³-hybridized carbons (Fsp3) is 0.0714. The van der Waals surface area contributed by atoms with Crippen LogP contribution in [0.4, 0.5) is 8.78 Å². The lowest BCUT2D eigenvalue weighted by Gasteiger charge is -2.11. The van der Waals surface area contributed by atoms with Crippen LogP contribution in [0.15, 0.2) is 46.1 Å². The highest BCUT2D eigenvalue weighted by atomic mass is 19.2. The minimum atomic E-state index is -1.09. The first-order valence-electron chi connectivity index (χ1n) is 6.03. The van der Waals surface area contributed by atoms with Crippen molar-refractivity contribution < 1.29 is 8.78 Å². The van der Waals surface area contributed by atoms with E-state index in [1.165, 1.54) is 25.4 Å². The van der Waals surface area contributed by atoms with Crippen molar-refractivity contribution in [1.29, 1.82) is 0 Å². The maximum Gasteiger partial charge on any atom is 0.337 e. The third kappa shape index (κ3) is 1.94. The van der Waals surface area contributed by atoms with Gasteiger partial charge >= 0.3 is 5.69 Å². The van der Waals surface area contributed by atoms with Gasteiger partial charge in [-0.2, -0.15) is 0 Å². The maximum absolute atomic E-state index is 13.4. The molecule has 5 nitrogen and oxygen atoms in total. The predicted octanol–water partition coefficient (Wildman–Crippen LogP) is 1.36. The molecule has 0 spiro atoms. The average Bonchev–Trinajstić information content (AvgIpc) is 2.49. The molecule has 0 fully saturated rings. The second kappa shape index (κ2) is 4.62. The van der Waals surface area contributed by atoms with Crippen LogP contribution in [0.1, 0.15) is 0 Å². The highest BCUT2D eigenvalue weighted by Crippen LogP contribution is 2.14. The molecular formula is C14H9F2N3O2. The molecule has 0 unspecified atom stereocenters. The van der Waals surface area contributed by atoms with Gasteiger partial charge in [-0.15, -0.1) is 0 Å². The monoisotopic (exact) mass is 289 g/mol. The third-order valence-electron chi connectivity index (χ3n) is 3.17. The van der Waals surface area contributed by atoms with Crippen LogP contribution in [0.2, 0.25) is 0 Å². The van der Waals surface area contributed by atoms with Crippen LogP contribution >= 0.6 is 0 Å². The standard InChI is InChI=1S/C14H9F2N3O2/c1-18-13(20)9-3-2-6-17-12(9)19(14(18)21)8-4-5-10(15)11(16)7-8/h2-7H,1H3. The number of pyridine rings is 1. The summed E-state index contributed by atoms with van der Waals surface area (Å²) in [7, 11) is 1.31. The van der Waals surface area contributed by atoms with Gasteiger partial charge in [-0.25, -0.2) is 23.1 Å². The number of hydrogen-bond acceptors (Lipinski definition) is 3. The molecule has 0 radical (unpaired) electrons. The fourth-order valence-electron chi connectivity index (χ4n) is 2.11. The van der Waals surface area contributed by atoms with E-state index in [-0.39, 0.29) is 16.7 Å². The average molecular weight is 289 g/mol. The zero-order valence-electron chi connectivity index (χ0n) is 10.9. The molecule has 3 rings (SSSR count). The van der Waals surface area contributed by atoms with E-state index in [2.05, 4.69) is 4.98 Å². The molecule has 0 saturated carbocycles. The van der Waals surface area contributed by atoms with E-state index in [0.29, 0.717) is 0 Å². The first kappa shape index (κ1) is 13.2. The molecule has 0 aliphatic heterocycles. The van der Waals surface area contributed by atoms with Crippen molar-refractivity contribution in [2.24, 2.45) is 7.05 Å². The summed E-state index contributed by atoms with van der Waals surface area (Å²) in [5.74, 6) is -2.11. The van der Waals surface area contributed by atoms with Crippen LogP contribution in [-0.2, 0) is 7.05 Å². The number of nitrogens with zero attached hydrogens (tertiary/aromatic N) is 3. The molecule has 106 valence electrons. The van der Waals surface area contributed by atoms with Crippen LogP contribution in [0.25, 0.3) is 16.7 Å². The van der Waals surface area contributed by atoms with E-state index < -0.39 is 22.9 Å². The van der Waals surface area contributed by atoms with E-state index in [1.807, 2.05) is 0 Å². The summed E-state index contributed by atoms with van der Waals surface area (Å²) < 4.78 is 28.4. The molecule has 3 aromatic rings. The van der Waals surface area contributed by atoms with Gasteiger partial charge in [0.15, 0.2) is 17.3 Å². The summed E-state index contributed by atoms with van der Waals surface area (Å²) in [5, 5.41) is 0.212. The smallest absolute Gasteiger partial charge is 0.268 e. The Balaban J connectivity index is 2.50. The van der Waals surface area contributed by atoms with Gasteiger partial charge in [0, 0.05) is 19.3 Å². The molecule has 2 aromatic heterocycles. The number of halogens is 2. The minimum absolute atomic E-state index is 0.0941. The molecule has 0 bridgehead atoms. The quantitative estimate of drug-likeness (QED) is 0.679.